The van der Waals surface area contributed by atoms with Crippen LogP contribution in [0.3, 0.4) is 0 Å². The summed E-state index contributed by atoms with van der Waals surface area (Å²) in [6, 6.07) is 0. The lowest BCUT2D eigenvalue weighted by Gasteiger charge is -2.06. The molecule has 0 amide bonds. The predicted molar refractivity (Wildman–Crippen MR) is 41.8 cm³/mol. The first-order chi connectivity index (χ1) is 5.13. The van der Waals surface area contributed by atoms with Crippen molar-refractivity contribution in [2.75, 3.05) is 5.88 Å². The molecule has 0 aromatic rings. The molecule has 0 fully saturated rings. The topological polar surface area (TPSA) is 54.4 Å². The van der Waals surface area contributed by atoms with Gasteiger partial charge in [-0.2, -0.15) is 0 Å². The summed E-state index contributed by atoms with van der Waals surface area (Å²) in [7, 11) is 0. The molecule has 0 rings (SSSR count). The van der Waals surface area contributed by atoms with E-state index in [0.29, 0.717) is 12.8 Å². The number of hydrogen-bond donors (Lipinski definition) is 1. The van der Waals surface area contributed by atoms with E-state index in [2.05, 4.69) is 0 Å². The summed E-state index contributed by atoms with van der Waals surface area (Å²) in [4.78, 5) is 21.2. The number of carbonyl (C=O) groups is 2. The average Bonchev–Trinajstić information content (AvgIpc) is 1.98. The zero-order valence-corrected chi connectivity index (χ0v) is 7.10. The van der Waals surface area contributed by atoms with Crippen molar-refractivity contribution < 1.29 is 14.7 Å². The molecule has 0 aromatic heterocycles. The summed E-state index contributed by atoms with van der Waals surface area (Å²) >= 11 is 5.21. The monoisotopic (exact) mass is 178 g/mol. The second-order valence-corrected chi connectivity index (χ2v) is 2.55. The molecular formula is C7H11ClO3. The lowest BCUT2D eigenvalue weighted by Crippen LogP contribution is -2.24. The van der Waals surface area contributed by atoms with Crippen LogP contribution in [0.5, 0.6) is 0 Å². The van der Waals surface area contributed by atoms with Crippen molar-refractivity contribution in [1.82, 2.24) is 0 Å². The smallest absolute Gasteiger partial charge is 0.314 e. The highest BCUT2D eigenvalue weighted by molar-refractivity contribution is 6.29. The number of halogens is 1. The first-order valence-corrected chi connectivity index (χ1v) is 3.98. The normalized spacial score (nSPS) is 12.5. The molecule has 64 valence electrons. The minimum atomic E-state index is -1.07. The molecule has 0 spiro atoms. The lowest BCUT2D eigenvalue weighted by atomic mass is 10.0. The van der Waals surface area contributed by atoms with Crippen molar-refractivity contribution in [3.05, 3.63) is 0 Å². The van der Waals surface area contributed by atoms with Gasteiger partial charge in [0, 0.05) is 0 Å². The van der Waals surface area contributed by atoms with Gasteiger partial charge in [-0.05, 0) is 6.42 Å². The van der Waals surface area contributed by atoms with Crippen molar-refractivity contribution in [1.29, 1.82) is 0 Å². The van der Waals surface area contributed by atoms with Crippen LogP contribution in [-0.2, 0) is 9.59 Å². The third kappa shape index (κ3) is 3.37. The fraction of sp³-hybridized carbons (Fsp3) is 0.714. The Morgan fingerprint density at radius 1 is 1.55 bits per heavy atom. The van der Waals surface area contributed by atoms with Gasteiger partial charge in [0.25, 0.3) is 0 Å². The first-order valence-electron chi connectivity index (χ1n) is 3.45. The number of carboxylic acid groups (broad SMARTS) is 1. The van der Waals surface area contributed by atoms with Gasteiger partial charge in [0.15, 0.2) is 5.78 Å². The zero-order chi connectivity index (χ0) is 8.85. The summed E-state index contributed by atoms with van der Waals surface area (Å²) in [6.07, 6.45) is 1.06. The van der Waals surface area contributed by atoms with Crippen LogP contribution in [-0.4, -0.2) is 22.7 Å². The Bertz CT molecular complexity index is 156. The Kier molecular flexibility index (Phi) is 4.86. The molecule has 0 aliphatic heterocycles. The fourth-order valence-electron chi connectivity index (χ4n) is 0.804. The number of carboxylic acids is 1. The van der Waals surface area contributed by atoms with Crippen LogP contribution in [0.4, 0.5) is 0 Å². The van der Waals surface area contributed by atoms with Gasteiger partial charge < -0.3 is 5.11 Å². The first kappa shape index (κ1) is 10.4. The van der Waals surface area contributed by atoms with Gasteiger partial charge in [0.1, 0.15) is 5.92 Å². The van der Waals surface area contributed by atoms with Gasteiger partial charge in [-0.1, -0.05) is 13.3 Å². The third-order valence-electron chi connectivity index (χ3n) is 1.40. The van der Waals surface area contributed by atoms with E-state index in [1.54, 1.807) is 0 Å². The average molecular weight is 179 g/mol. The number of carbonyl (C=O) groups excluding carboxylic acids is 1. The maximum atomic E-state index is 10.8. The molecule has 11 heavy (non-hydrogen) atoms. The molecule has 0 saturated carbocycles. The maximum absolute atomic E-state index is 10.8. The number of aliphatic carboxylic acids is 1. The summed E-state index contributed by atoms with van der Waals surface area (Å²) in [5, 5.41) is 8.53. The minimum Gasteiger partial charge on any atom is -0.481 e. The lowest BCUT2D eigenvalue weighted by molar-refractivity contribution is -0.145. The van der Waals surface area contributed by atoms with Gasteiger partial charge in [0.05, 0.1) is 5.88 Å². The van der Waals surface area contributed by atoms with E-state index < -0.39 is 17.7 Å². The van der Waals surface area contributed by atoms with Gasteiger partial charge in [-0.15, -0.1) is 11.6 Å². The van der Waals surface area contributed by atoms with Crippen molar-refractivity contribution in [3.63, 3.8) is 0 Å². The van der Waals surface area contributed by atoms with Gasteiger partial charge >= 0.3 is 5.97 Å². The standard InChI is InChI=1S/C7H11ClO3/c1-2-3-5(7(10)11)6(9)4-8/h5H,2-4H2,1H3,(H,10,11). The van der Waals surface area contributed by atoms with Crippen LogP contribution in [0.2, 0.25) is 0 Å². The van der Waals surface area contributed by atoms with Crippen LogP contribution < -0.4 is 0 Å². The molecule has 1 unspecified atom stereocenters. The molecule has 0 aromatic carbocycles. The Hall–Kier alpha value is -0.570. The van der Waals surface area contributed by atoms with Gasteiger partial charge in [0.2, 0.25) is 0 Å². The van der Waals surface area contributed by atoms with Crippen molar-refractivity contribution >= 4 is 23.4 Å². The van der Waals surface area contributed by atoms with E-state index in [4.69, 9.17) is 16.7 Å². The number of hydrogen-bond acceptors (Lipinski definition) is 2. The SMILES string of the molecule is CCCC(C(=O)O)C(=O)CCl. The second-order valence-electron chi connectivity index (χ2n) is 2.28. The zero-order valence-electron chi connectivity index (χ0n) is 6.34. The summed E-state index contributed by atoms with van der Waals surface area (Å²) in [6.45, 7) is 1.83. The van der Waals surface area contributed by atoms with E-state index in [-0.39, 0.29) is 5.88 Å². The highest BCUT2D eigenvalue weighted by atomic mass is 35.5. The Labute approximate surface area is 70.3 Å². The van der Waals surface area contributed by atoms with E-state index in [1.807, 2.05) is 6.92 Å². The highest BCUT2D eigenvalue weighted by Gasteiger charge is 2.23. The Balaban J connectivity index is 4.09. The molecule has 0 heterocycles. The molecule has 3 nitrogen and oxygen atoms in total. The fourth-order valence-corrected chi connectivity index (χ4v) is 0.990. The largest absolute Gasteiger partial charge is 0.481 e. The number of Topliss-reactive ketones (excluding diaryl/α,β-unsaturated/α-hetero) is 1. The summed E-state index contributed by atoms with van der Waals surface area (Å²) in [5.41, 5.74) is 0. The van der Waals surface area contributed by atoms with Crippen molar-refractivity contribution in [3.8, 4) is 0 Å². The number of rotatable bonds is 5. The van der Waals surface area contributed by atoms with Gasteiger partial charge in [-0.3, -0.25) is 9.59 Å². The maximum Gasteiger partial charge on any atom is 0.314 e. The third-order valence-corrected chi connectivity index (χ3v) is 1.66. The number of ketones is 1. The molecule has 1 N–H and O–H groups in total. The Morgan fingerprint density at radius 3 is 2.36 bits per heavy atom. The van der Waals surface area contributed by atoms with Crippen LogP contribution in [0.1, 0.15) is 19.8 Å². The molecule has 4 heteroatoms. The van der Waals surface area contributed by atoms with E-state index in [0.717, 1.165) is 0 Å². The van der Waals surface area contributed by atoms with Gasteiger partial charge in [-0.25, -0.2) is 0 Å². The molecule has 0 bridgehead atoms. The van der Waals surface area contributed by atoms with Crippen LogP contribution in [0.25, 0.3) is 0 Å². The molecular weight excluding hydrogens is 168 g/mol. The van der Waals surface area contributed by atoms with Crippen LogP contribution in [0.15, 0.2) is 0 Å². The van der Waals surface area contributed by atoms with Crippen molar-refractivity contribution in [2.45, 2.75) is 19.8 Å². The highest BCUT2D eigenvalue weighted by Crippen LogP contribution is 2.08. The van der Waals surface area contributed by atoms with Crippen LogP contribution >= 0.6 is 11.6 Å². The molecule has 1 atom stereocenters. The minimum absolute atomic E-state index is 0.211. The van der Waals surface area contributed by atoms with Crippen LogP contribution in [0, 0.1) is 5.92 Å². The second kappa shape index (κ2) is 5.13. The molecule has 0 radical (unpaired) electrons. The van der Waals surface area contributed by atoms with Crippen molar-refractivity contribution in [2.24, 2.45) is 5.92 Å². The Morgan fingerprint density at radius 2 is 2.09 bits per heavy atom. The van der Waals surface area contributed by atoms with E-state index in [1.165, 1.54) is 0 Å². The summed E-state index contributed by atoms with van der Waals surface area (Å²) < 4.78 is 0. The van der Waals surface area contributed by atoms with E-state index in [9.17, 15) is 9.59 Å². The molecule has 0 aliphatic carbocycles. The molecule has 0 aliphatic rings. The molecule has 0 saturated heterocycles. The van der Waals surface area contributed by atoms with E-state index >= 15 is 0 Å². The predicted octanol–water partition coefficient (Wildman–Crippen LogP) is 1.30. The number of alkyl halides is 1. The summed E-state index contributed by atoms with van der Waals surface area (Å²) in [5.74, 6) is -2.59. The quantitative estimate of drug-likeness (QED) is 0.510.